The molecule has 0 radical (unpaired) electrons. The minimum Gasteiger partial charge on any atom is -0.495 e. The zero-order valence-electron chi connectivity index (χ0n) is 17.6. The van der Waals surface area contributed by atoms with Gasteiger partial charge in [-0.15, -0.1) is 5.54 Å². The van der Waals surface area contributed by atoms with Crippen LogP contribution in [-0.4, -0.2) is 21.2 Å². The average molecular weight is 360 g/mol. The Hall–Kier alpha value is -1.40. The van der Waals surface area contributed by atoms with Crippen LogP contribution in [0.2, 0.25) is 16.6 Å². The summed E-state index contributed by atoms with van der Waals surface area (Å²) in [6.07, 6.45) is 0. The van der Waals surface area contributed by atoms with Crippen LogP contribution in [0.15, 0.2) is 24.3 Å². The van der Waals surface area contributed by atoms with Crippen LogP contribution in [0, 0.1) is 17.4 Å². The van der Waals surface area contributed by atoms with Crippen LogP contribution in [0.5, 0.6) is 5.75 Å². The number of hydrogen-bond donors (Lipinski definition) is 1. The summed E-state index contributed by atoms with van der Waals surface area (Å²) in [4.78, 5) is 0. The summed E-state index contributed by atoms with van der Waals surface area (Å²) < 4.78 is 5.48. The Morgan fingerprint density at radius 3 is 1.84 bits per heavy atom. The van der Waals surface area contributed by atoms with Crippen molar-refractivity contribution in [1.82, 2.24) is 0 Å². The lowest BCUT2D eigenvalue weighted by molar-refractivity contribution is 0.415. The normalized spacial score (nSPS) is 13.2. The van der Waals surface area contributed by atoms with Crippen LogP contribution in [0.3, 0.4) is 0 Å². The molecule has 0 fully saturated rings. The monoisotopic (exact) mass is 359 g/mol. The van der Waals surface area contributed by atoms with Crippen molar-refractivity contribution in [2.24, 2.45) is 5.92 Å². The molecular weight excluding hydrogens is 322 g/mol. The number of para-hydroxylation sites is 2. The summed E-state index contributed by atoms with van der Waals surface area (Å²) in [6, 6.07) is 8.20. The number of nitrogens with one attached hydrogen (secondary N) is 1. The van der Waals surface area contributed by atoms with E-state index in [4.69, 9.17) is 4.74 Å². The molecule has 140 valence electrons. The first-order valence-corrected chi connectivity index (χ1v) is 11.8. The molecule has 1 N–H and O–H groups in total. The number of methoxy groups -OCH3 is 1. The van der Waals surface area contributed by atoms with Crippen molar-refractivity contribution in [2.45, 2.75) is 78.1 Å². The molecule has 0 aliphatic heterocycles. The molecule has 0 spiro atoms. The minimum absolute atomic E-state index is 0.124. The lowest BCUT2D eigenvalue weighted by Crippen LogP contribution is -2.43. The second kappa shape index (κ2) is 9.34. The van der Waals surface area contributed by atoms with Crippen LogP contribution in [0.1, 0.15) is 55.4 Å². The molecule has 1 aromatic carbocycles. The van der Waals surface area contributed by atoms with Gasteiger partial charge in [0.15, 0.2) is 0 Å². The van der Waals surface area contributed by atoms with Gasteiger partial charge in [-0.1, -0.05) is 73.4 Å². The molecule has 0 amide bonds. The smallest absolute Gasteiger partial charge is 0.146 e. The maximum absolute atomic E-state index is 5.48. The molecule has 0 aromatic heterocycles. The van der Waals surface area contributed by atoms with E-state index in [1.165, 1.54) is 0 Å². The molecule has 0 saturated heterocycles. The van der Waals surface area contributed by atoms with Gasteiger partial charge in [-0.05, 0) is 34.7 Å². The molecule has 1 aromatic rings. The summed E-state index contributed by atoms with van der Waals surface area (Å²) in [5, 5.41) is 3.61. The van der Waals surface area contributed by atoms with E-state index in [-0.39, 0.29) is 6.04 Å². The Balaban J connectivity index is 3.23. The Labute approximate surface area is 156 Å². The van der Waals surface area contributed by atoms with Crippen LogP contribution in [0.4, 0.5) is 5.69 Å². The lowest BCUT2D eigenvalue weighted by Gasteiger charge is -2.38. The number of rotatable bonds is 7. The van der Waals surface area contributed by atoms with Crippen molar-refractivity contribution in [1.29, 1.82) is 0 Å². The Bertz CT molecular complexity index is 574. The molecule has 0 saturated carbocycles. The van der Waals surface area contributed by atoms with Gasteiger partial charge in [-0.25, -0.2) is 0 Å². The fourth-order valence-corrected chi connectivity index (χ4v) is 9.21. The van der Waals surface area contributed by atoms with Gasteiger partial charge in [0.1, 0.15) is 13.8 Å². The second-order valence-corrected chi connectivity index (χ2v) is 13.8. The molecule has 2 nitrogen and oxygen atoms in total. The van der Waals surface area contributed by atoms with Gasteiger partial charge in [0, 0.05) is 0 Å². The summed E-state index contributed by atoms with van der Waals surface area (Å²) in [5.41, 5.74) is 6.83. The topological polar surface area (TPSA) is 21.3 Å². The standard InChI is InChI=1S/C22H37NOSi/c1-16(2)20(23-21-12-10-11-13-22(21)24-9)14-15-25(17(3)4,18(5)6)19(7)8/h10-13,16-20,23H,1-9H3. The molecule has 0 aliphatic carbocycles. The van der Waals surface area contributed by atoms with E-state index in [9.17, 15) is 0 Å². The van der Waals surface area contributed by atoms with E-state index in [1.807, 2.05) is 18.2 Å². The van der Waals surface area contributed by atoms with Gasteiger partial charge in [0.05, 0.1) is 18.8 Å². The zero-order chi connectivity index (χ0) is 19.2. The molecule has 1 atom stereocenters. The van der Waals surface area contributed by atoms with E-state index in [0.29, 0.717) is 22.5 Å². The Morgan fingerprint density at radius 2 is 1.40 bits per heavy atom. The summed E-state index contributed by atoms with van der Waals surface area (Å²) >= 11 is 0. The Morgan fingerprint density at radius 1 is 0.880 bits per heavy atom. The van der Waals surface area contributed by atoms with Crippen LogP contribution < -0.4 is 10.1 Å². The average Bonchev–Trinajstić information content (AvgIpc) is 2.53. The van der Waals surface area contributed by atoms with Crippen molar-refractivity contribution in [3.8, 4) is 17.2 Å². The van der Waals surface area contributed by atoms with E-state index in [1.54, 1.807) is 7.11 Å². The highest BCUT2D eigenvalue weighted by Gasteiger charge is 2.41. The minimum atomic E-state index is -1.71. The van der Waals surface area contributed by atoms with Gasteiger partial charge in [-0.2, -0.15) is 0 Å². The quantitative estimate of drug-likeness (QED) is 0.452. The summed E-state index contributed by atoms with van der Waals surface area (Å²) in [7, 11) is 0.00539. The van der Waals surface area contributed by atoms with Crippen molar-refractivity contribution >= 4 is 13.8 Å². The maximum atomic E-state index is 5.48. The summed E-state index contributed by atoms with van der Waals surface area (Å²) in [6.45, 7) is 18.6. The molecule has 1 unspecified atom stereocenters. The van der Waals surface area contributed by atoms with Crippen molar-refractivity contribution in [2.75, 3.05) is 12.4 Å². The third-order valence-electron chi connectivity index (χ3n) is 5.39. The highest BCUT2D eigenvalue weighted by atomic mass is 28.3. The van der Waals surface area contributed by atoms with Gasteiger partial charge in [0.25, 0.3) is 0 Å². The molecule has 1 rings (SSSR count). The van der Waals surface area contributed by atoms with Gasteiger partial charge in [-0.3, -0.25) is 0 Å². The largest absolute Gasteiger partial charge is 0.495 e. The van der Waals surface area contributed by atoms with Crippen molar-refractivity contribution in [3.05, 3.63) is 24.3 Å². The van der Waals surface area contributed by atoms with Crippen LogP contribution in [0.25, 0.3) is 0 Å². The number of anilines is 1. The fraction of sp³-hybridized carbons (Fsp3) is 0.636. The van der Waals surface area contributed by atoms with E-state index >= 15 is 0 Å². The molecule has 25 heavy (non-hydrogen) atoms. The number of hydrogen-bond acceptors (Lipinski definition) is 2. The van der Waals surface area contributed by atoms with Crippen LogP contribution >= 0.6 is 0 Å². The molecular formula is C22H37NOSi. The van der Waals surface area contributed by atoms with Gasteiger partial charge in [0.2, 0.25) is 0 Å². The first-order valence-electron chi connectivity index (χ1n) is 9.59. The van der Waals surface area contributed by atoms with E-state index < -0.39 is 8.07 Å². The van der Waals surface area contributed by atoms with Crippen molar-refractivity contribution < 1.29 is 4.74 Å². The Kier molecular flexibility index (Phi) is 8.08. The fourth-order valence-electron chi connectivity index (χ4n) is 3.94. The molecule has 0 heterocycles. The molecule has 0 bridgehead atoms. The lowest BCUT2D eigenvalue weighted by atomic mass is 10.1. The van der Waals surface area contributed by atoms with E-state index in [2.05, 4.69) is 78.2 Å². The SMILES string of the molecule is COc1ccccc1NC(C#C[Si](C(C)C)(C(C)C)C(C)C)C(C)C. The third-order valence-corrected chi connectivity index (χ3v) is 11.7. The van der Waals surface area contributed by atoms with Gasteiger partial charge < -0.3 is 10.1 Å². The predicted molar refractivity (Wildman–Crippen MR) is 114 cm³/mol. The van der Waals surface area contributed by atoms with Gasteiger partial charge >= 0.3 is 0 Å². The highest BCUT2D eigenvalue weighted by Crippen LogP contribution is 2.40. The zero-order valence-corrected chi connectivity index (χ0v) is 18.6. The van der Waals surface area contributed by atoms with E-state index in [0.717, 1.165) is 11.4 Å². The number of ether oxygens (including phenoxy) is 1. The van der Waals surface area contributed by atoms with Crippen LogP contribution in [-0.2, 0) is 0 Å². The first kappa shape index (κ1) is 21.6. The molecule has 3 heteroatoms. The number of benzene rings is 1. The predicted octanol–water partition coefficient (Wildman–Crippen LogP) is 6.35. The van der Waals surface area contributed by atoms with Crippen molar-refractivity contribution in [3.63, 3.8) is 0 Å². The molecule has 0 aliphatic rings. The maximum Gasteiger partial charge on any atom is 0.146 e. The first-order chi connectivity index (χ1) is 11.7. The third kappa shape index (κ3) is 5.04. The second-order valence-electron chi connectivity index (χ2n) is 8.23. The highest BCUT2D eigenvalue weighted by molar-refractivity contribution is 6.90. The summed E-state index contributed by atoms with van der Waals surface area (Å²) in [5.74, 6) is 4.95.